The molecule has 0 unspecified atom stereocenters. The van der Waals surface area contributed by atoms with Gasteiger partial charge < -0.3 is 64.2 Å². The Bertz CT molecular complexity index is 176. The molecule has 0 aliphatic rings. The standard InChI is InChI=1S/4C2H4O2.4H3N.Pt/c4*1-2(3)4;;;;;/h4*1H3,(H,3,4);4*1H3;/q;;;;;;;;+4/p-4. The number of carbonyl (C=O) groups is 4. The molecule has 0 aromatic rings. The number of carboxylic acid groups (broad SMARTS) is 4. The van der Waals surface area contributed by atoms with Crippen LogP contribution in [0.4, 0.5) is 0 Å². The first-order valence-electron chi connectivity index (χ1n) is 3.63. The molecule has 12 N–H and O–H groups in total. The summed E-state index contributed by atoms with van der Waals surface area (Å²) in [5.41, 5.74) is 0. The molecule has 0 rings (SSSR count). The Kier molecular flexibility index (Phi) is 149. The van der Waals surface area contributed by atoms with Crippen molar-refractivity contribution in [2.45, 2.75) is 27.7 Å². The molecule has 0 saturated carbocycles. The Morgan fingerprint density at radius 2 is 0.476 bits per heavy atom. The van der Waals surface area contributed by atoms with E-state index in [2.05, 4.69) is 0 Å². The van der Waals surface area contributed by atoms with E-state index in [1.54, 1.807) is 0 Å². The minimum absolute atomic E-state index is 0. The van der Waals surface area contributed by atoms with Crippen LogP contribution in [-0.4, -0.2) is 23.9 Å². The minimum atomic E-state index is -1.08. The summed E-state index contributed by atoms with van der Waals surface area (Å²) in [6.07, 6.45) is 0. The third kappa shape index (κ3) is 1960. The number of carboxylic acids is 4. The molecule has 13 heteroatoms. The van der Waals surface area contributed by atoms with Gasteiger partial charge in [0.2, 0.25) is 0 Å². The van der Waals surface area contributed by atoms with Gasteiger partial charge >= 0.3 is 21.1 Å². The Morgan fingerprint density at radius 3 is 0.476 bits per heavy atom. The van der Waals surface area contributed by atoms with E-state index < -0.39 is 23.9 Å². The molecule has 0 atom stereocenters. The quantitative estimate of drug-likeness (QED) is 0.246. The topological polar surface area (TPSA) is 301 Å². The number of aliphatic carboxylic acids is 4. The van der Waals surface area contributed by atoms with Crippen LogP contribution in [0.3, 0.4) is 0 Å². The fourth-order valence-corrected chi connectivity index (χ4v) is 0. The molecule has 0 aliphatic carbocycles. The predicted molar refractivity (Wildman–Crippen MR) is 62.8 cm³/mol. The monoisotopic (exact) mass is 499 g/mol. The van der Waals surface area contributed by atoms with Gasteiger partial charge in [-0.1, -0.05) is 0 Å². The average Bonchev–Trinajstić information content (AvgIpc) is 1.76. The summed E-state index contributed by atoms with van der Waals surface area (Å²) < 4.78 is 0. The van der Waals surface area contributed by atoms with Gasteiger partial charge in [-0.05, 0) is 27.7 Å². The number of rotatable bonds is 0. The smallest absolute Gasteiger partial charge is 0.550 e. The zero-order chi connectivity index (χ0) is 14.3. The normalized spacial score (nSPS) is 4.76. The second-order valence-electron chi connectivity index (χ2n) is 1.97. The first-order valence-corrected chi connectivity index (χ1v) is 3.63. The van der Waals surface area contributed by atoms with E-state index in [9.17, 15) is 0 Å². The first-order chi connectivity index (χ1) is 6.93. The van der Waals surface area contributed by atoms with Gasteiger partial charge in [0, 0.05) is 23.9 Å². The zero-order valence-corrected chi connectivity index (χ0v) is 14.7. The van der Waals surface area contributed by atoms with Gasteiger partial charge in [-0.3, -0.25) is 0 Å². The van der Waals surface area contributed by atoms with Crippen molar-refractivity contribution in [1.29, 1.82) is 0 Å². The summed E-state index contributed by atoms with van der Waals surface area (Å²) in [4.78, 5) is 35.6. The van der Waals surface area contributed by atoms with Gasteiger partial charge in [0.25, 0.3) is 0 Å². The second kappa shape index (κ2) is 51.5. The SMILES string of the molecule is CC(=O)[O-].CC(=O)[O-].CC(=O)[O-].CC(=O)[O-].N.N.N.N.[Pt+4]. The van der Waals surface area contributed by atoms with E-state index >= 15 is 0 Å². The van der Waals surface area contributed by atoms with Gasteiger partial charge in [0.1, 0.15) is 0 Å². The summed E-state index contributed by atoms with van der Waals surface area (Å²) in [7, 11) is 0. The molecule has 0 amide bonds. The molecule has 0 aromatic heterocycles. The van der Waals surface area contributed by atoms with Gasteiger partial charge in [-0.25, -0.2) is 0 Å². The molecule has 12 nitrogen and oxygen atoms in total. The predicted octanol–water partition coefficient (Wildman–Crippen LogP) is -4.33. The van der Waals surface area contributed by atoms with Gasteiger partial charge in [-0.15, -0.1) is 0 Å². The van der Waals surface area contributed by atoms with E-state index in [4.69, 9.17) is 39.6 Å². The van der Waals surface area contributed by atoms with Crippen LogP contribution in [0.25, 0.3) is 0 Å². The molecular weight excluding hydrogens is 475 g/mol. The Balaban J connectivity index is -0.0000000121. The average molecular weight is 499 g/mol. The third-order valence-electron chi connectivity index (χ3n) is 0. The third-order valence-corrected chi connectivity index (χ3v) is 0. The molecule has 21 heavy (non-hydrogen) atoms. The van der Waals surface area contributed by atoms with Crippen LogP contribution >= 0.6 is 0 Å². The molecule has 0 spiro atoms. The maximum atomic E-state index is 8.89. The molecule has 0 fully saturated rings. The van der Waals surface area contributed by atoms with Crippen molar-refractivity contribution in [2.24, 2.45) is 0 Å². The molecule has 0 aliphatic heterocycles. The van der Waals surface area contributed by atoms with Crippen molar-refractivity contribution in [3.8, 4) is 0 Å². The zero-order valence-electron chi connectivity index (χ0n) is 12.4. The van der Waals surface area contributed by atoms with E-state index in [0.29, 0.717) is 0 Å². The maximum Gasteiger partial charge on any atom is 4.00 e. The van der Waals surface area contributed by atoms with Crippen molar-refractivity contribution in [1.82, 2.24) is 24.6 Å². The molecule has 0 radical (unpaired) electrons. The molecule has 134 valence electrons. The largest absolute Gasteiger partial charge is 4.00 e. The van der Waals surface area contributed by atoms with Crippen molar-refractivity contribution < 1.29 is 60.7 Å². The van der Waals surface area contributed by atoms with Crippen molar-refractivity contribution in [3.63, 3.8) is 0 Å². The van der Waals surface area contributed by atoms with Crippen LogP contribution in [0.5, 0.6) is 0 Å². The fourth-order valence-electron chi connectivity index (χ4n) is 0. The Morgan fingerprint density at radius 1 is 0.476 bits per heavy atom. The van der Waals surface area contributed by atoms with Crippen LogP contribution in [0.15, 0.2) is 0 Å². The van der Waals surface area contributed by atoms with Gasteiger partial charge in [-0.2, -0.15) is 0 Å². The summed E-state index contributed by atoms with van der Waals surface area (Å²) in [6, 6.07) is 0. The van der Waals surface area contributed by atoms with Crippen molar-refractivity contribution >= 4 is 23.9 Å². The van der Waals surface area contributed by atoms with E-state index in [-0.39, 0.29) is 45.7 Å². The second-order valence-corrected chi connectivity index (χ2v) is 1.97. The number of carbonyl (C=O) groups excluding carboxylic acids is 4. The number of hydrogen-bond donors (Lipinski definition) is 4. The molecule has 0 bridgehead atoms. The Hall–Kier alpha value is -1.59. The van der Waals surface area contributed by atoms with E-state index in [1.807, 2.05) is 0 Å². The van der Waals surface area contributed by atoms with Gasteiger partial charge in [0.15, 0.2) is 0 Å². The summed E-state index contributed by atoms with van der Waals surface area (Å²) in [5, 5.41) is 35.6. The Labute approximate surface area is 137 Å². The van der Waals surface area contributed by atoms with Crippen LogP contribution in [0.2, 0.25) is 0 Å². The molecular formula is C8H24N4O8Pt. The minimum Gasteiger partial charge on any atom is -0.550 e. The maximum absolute atomic E-state index is 8.89. The van der Waals surface area contributed by atoms with E-state index in [0.717, 1.165) is 27.7 Å². The molecule has 0 saturated heterocycles. The molecule has 0 aromatic carbocycles. The number of hydrogen-bond acceptors (Lipinski definition) is 12. The van der Waals surface area contributed by atoms with Crippen LogP contribution in [0, 0.1) is 0 Å². The fraction of sp³-hybridized carbons (Fsp3) is 0.500. The van der Waals surface area contributed by atoms with Crippen LogP contribution < -0.4 is 45.0 Å². The van der Waals surface area contributed by atoms with Crippen molar-refractivity contribution in [3.05, 3.63) is 0 Å². The summed E-state index contributed by atoms with van der Waals surface area (Å²) >= 11 is 0. The van der Waals surface area contributed by atoms with Crippen LogP contribution in [-0.2, 0) is 40.2 Å². The van der Waals surface area contributed by atoms with Crippen molar-refractivity contribution in [2.75, 3.05) is 0 Å². The van der Waals surface area contributed by atoms with Gasteiger partial charge in [0.05, 0.1) is 0 Å². The summed E-state index contributed by atoms with van der Waals surface area (Å²) in [5.74, 6) is -4.33. The summed E-state index contributed by atoms with van der Waals surface area (Å²) in [6.45, 7) is 3.89. The van der Waals surface area contributed by atoms with E-state index in [1.165, 1.54) is 0 Å². The first kappa shape index (κ1) is 60.7. The van der Waals surface area contributed by atoms with Crippen LogP contribution in [0.1, 0.15) is 27.7 Å². The molecule has 0 heterocycles.